The van der Waals surface area contributed by atoms with Crippen LogP contribution in [-0.2, 0) is 0 Å². The van der Waals surface area contributed by atoms with Crippen LogP contribution in [0.1, 0.15) is 66.2 Å². The van der Waals surface area contributed by atoms with Gasteiger partial charge in [0.05, 0.1) is 0 Å². The molecule has 3 unspecified atom stereocenters. The molecule has 0 aromatic rings. The van der Waals surface area contributed by atoms with Gasteiger partial charge in [-0.05, 0) is 41.9 Å². The van der Waals surface area contributed by atoms with Gasteiger partial charge in [0.15, 0.2) is 0 Å². The second-order valence-electron chi connectivity index (χ2n) is 6.73. The SMILES string of the molecule is CC1CCCC2C(C)(C)CCCC12C. The van der Waals surface area contributed by atoms with E-state index in [4.69, 9.17) is 0 Å². The summed E-state index contributed by atoms with van der Waals surface area (Å²) in [5.74, 6) is 1.95. The Bertz CT molecular complexity index is 216. The molecular weight excluding hydrogens is 168 g/mol. The van der Waals surface area contributed by atoms with Gasteiger partial charge in [0, 0.05) is 0 Å². The predicted octanol–water partition coefficient (Wildman–Crippen LogP) is 4.64. The topological polar surface area (TPSA) is 0 Å². The molecule has 0 amide bonds. The van der Waals surface area contributed by atoms with E-state index in [0.717, 1.165) is 11.8 Å². The fraction of sp³-hybridized carbons (Fsp3) is 1.00. The molecular formula is C14H26. The zero-order valence-electron chi connectivity index (χ0n) is 10.4. The summed E-state index contributed by atoms with van der Waals surface area (Å²) in [7, 11) is 0. The highest BCUT2D eigenvalue weighted by Gasteiger charge is 2.50. The largest absolute Gasteiger partial charge is 0.0620 e. The van der Waals surface area contributed by atoms with Crippen molar-refractivity contribution in [3.63, 3.8) is 0 Å². The van der Waals surface area contributed by atoms with E-state index in [1.165, 1.54) is 38.5 Å². The maximum atomic E-state index is 2.57. The lowest BCUT2D eigenvalue weighted by molar-refractivity contribution is -0.0666. The van der Waals surface area contributed by atoms with Crippen LogP contribution in [0.2, 0.25) is 0 Å². The maximum Gasteiger partial charge on any atom is -0.0267 e. The molecule has 2 fully saturated rings. The third-order valence-electron chi connectivity index (χ3n) is 5.53. The zero-order chi connectivity index (χ0) is 10.4. The van der Waals surface area contributed by atoms with Gasteiger partial charge in [-0.3, -0.25) is 0 Å². The van der Waals surface area contributed by atoms with Crippen molar-refractivity contribution in [1.29, 1.82) is 0 Å². The molecule has 2 aliphatic carbocycles. The van der Waals surface area contributed by atoms with Gasteiger partial charge >= 0.3 is 0 Å². The van der Waals surface area contributed by atoms with Gasteiger partial charge in [-0.25, -0.2) is 0 Å². The van der Waals surface area contributed by atoms with E-state index < -0.39 is 0 Å². The van der Waals surface area contributed by atoms with Crippen molar-refractivity contribution in [2.24, 2.45) is 22.7 Å². The lowest BCUT2D eigenvalue weighted by Gasteiger charge is -2.56. The number of fused-ring (bicyclic) bond motifs is 1. The highest BCUT2D eigenvalue weighted by atomic mass is 14.5. The molecule has 0 saturated heterocycles. The summed E-state index contributed by atoms with van der Waals surface area (Å²) >= 11 is 0. The molecule has 2 aliphatic rings. The molecule has 0 radical (unpaired) electrons. The molecule has 0 bridgehead atoms. The summed E-state index contributed by atoms with van der Waals surface area (Å²) in [6, 6.07) is 0. The Morgan fingerprint density at radius 2 is 1.64 bits per heavy atom. The second kappa shape index (κ2) is 3.25. The minimum absolute atomic E-state index is 0.613. The fourth-order valence-corrected chi connectivity index (χ4v) is 4.43. The summed E-state index contributed by atoms with van der Waals surface area (Å²) in [5.41, 5.74) is 1.28. The van der Waals surface area contributed by atoms with Gasteiger partial charge in [0.25, 0.3) is 0 Å². The first-order chi connectivity index (χ1) is 6.47. The normalized spacial score (nSPS) is 47.1. The summed E-state index contributed by atoms with van der Waals surface area (Å²) < 4.78 is 0. The van der Waals surface area contributed by atoms with Gasteiger partial charge in [-0.1, -0.05) is 47.0 Å². The van der Waals surface area contributed by atoms with Crippen molar-refractivity contribution in [2.45, 2.75) is 66.2 Å². The van der Waals surface area contributed by atoms with E-state index in [-0.39, 0.29) is 0 Å². The average molecular weight is 194 g/mol. The first-order valence-electron chi connectivity index (χ1n) is 6.47. The third-order valence-corrected chi connectivity index (χ3v) is 5.53. The molecule has 3 atom stereocenters. The third kappa shape index (κ3) is 1.42. The maximum absolute atomic E-state index is 2.57. The smallest absolute Gasteiger partial charge is 0.0267 e. The van der Waals surface area contributed by atoms with Crippen LogP contribution < -0.4 is 0 Å². The van der Waals surface area contributed by atoms with Crippen molar-refractivity contribution in [2.75, 3.05) is 0 Å². The predicted molar refractivity (Wildman–Crippen MR) is 62.2 cm³/mol. The van der Waals surface area contributed by atoms with E-state index >= 15 is 0 Å². The van der Waals surface area contributed by atoms with E-state index in [9.17, 15) is 0 Å². The molecule has 0 aromatic carbocycles. The minimum Gasteiger partial charge on any atom is -0.0620 e. The molecule has 0 aliphatic heterocycles. The summed E-state index contributed by atoms with van der Waals surface area (Å²) in [5, 5.41) is 0. The molecule has 14 heavy (non-hydrogen) atoms. The molecule has 82 valence electrons. The minimum atomic E-state index is 0.613. The van der Waals surface area contributed by atoms with Crippen molar-refractivity contribution in [3.05, 3.63) is 0 Å². The summed E-state index contributed by atoms with van der Waals surface area (Å²) in [6.07, 6.45) is 8.86. The number of hydrogen-bond donors (Lipinski definition) is 0. The van der Waals surface area contributed by atoms with Crippen LogP contribution in [0.3, 0.4) is 0 Å². The molecule has 0 nitrogen and oxygen atoms in total. The lowest BCUT2D eigenvalue weighted by atomic mass is 9.49. The summed E-state index contributed by atoms with van der Waals surface area (Å²) in [4.78, 5) is 0. The first-order valence-corrected chi connectivity index (χ1v) is 6.47. The standard InChI is InChI=1S/C14H26/c1-11-7-5-8-12-13(2,3)9-6-10-14(11,12)4/h11-12H,5-10H2,1-4H3. The molecule has 2 saturated carbocycles. The van der Waals surface area contributed by atoms with Crippen LogP contribution in [-0.4, -0.2) is 0 Å². The molecule has 0 spiro atoms. The fourth-order valence-electron chi connectivity index (χ4n) is 4.43. The summed E-state index contributed by atoms with van der Waals surface area (Å²) in [6.45, 7) is 10.1. The van der Waals surface area contributed by atoms with Gasteiger partial charge < -0.3 is 0 Å². The van der Waals surface area contributed by atoms with Crippen molar-refractivity contribution >= 4 is 0 Å². The number of hydrogen-bond acceptors (Lipinski definition) is 0. The van der Waals surface area contributed by atoms with Crippen LogP contribution in [0.4, 0.5) is 0 Å². The zero-order valence-corrected chi connectivity index (χ0v) is 10.4. The first kappa shape index (κ1) is 10.5. The van der Waals surface area contributed by atoms with Crippen LogP contribution >= 0.6 is 0 Å². The molecule has 0 N–H and O–H groups in total. The van der Waals surface area contributed by atoms with Crippen LogP contribution in [0.25, 0.3) is 0 Å². The Kier molecular flexibility index (Phi) is 2.44. The van der Waals surface area contributed by atoms with Crippen LogP contribution in [0.5, 0.6) is 0 Å². The van der Waals surface area contributed by atoms with Crippen molar-refractivity contribution < 1.29 is 0 Å². The molecule has 2 rings (SSSR count). The monoisotopic (exact) mass is 194 g/mol. The molecule has 0 heteroatoms. The van der Waals surface area contributed by atoms with Gasteiger partial charge in [-0.2, -0.15) is 0 Å². The van der Waals surface area contributed by atoms with Crippen molar-refractivity contribution in [1.82, 2.24) is 0 Å². The van der Waals surface area contributed by atoms with Gasteiger partial charge in [0.2, 0.25) is 0 Å². The number of rotatable bonds is 0. The highest BCUT2D eigenvalue weighted by Crippen LogP contribution is 2.59. The van der Waals surface area contributed by atoms with Crippen LogP contribution in [0, 0.1) is 22.7 Å². The lowest BCUT2D eigenvalue weighted by Crippen LogP contribution is -2.47. The highest BCUT2D eigenvalue weighted by molar-refractivity contribution is 4.99. The van der Waals surface area contributed by atoms with Crippen molar-refractivity contribution in [3.8, 4) is 0 Å². The Morgan fingerprint density at radius 3 is 2.29 bits per heavy atom. The Morgan fingerprint density at radius 1 is 0.929 bits per heavy atom. The molecule has 0 heterocycles. The van der Waals surface area contributed by atoms with E-state index in [0.29, 0.717) is 10.8 Å². The van der Waals surface area contributed by atoms with E-state index in [1.54, 1.807) is 0 Å². The Balaban J connectivity index is 2.27. The average Bonchev–Trinajstić information content (AvgIpc) is 2.08. The van der Waals surface area contributed by atoms with E-state index in [2.05, 4.69) is 27.7 Å². The Hall–Kier alpha value is 0. The van der Waals surface area contributed by atoms with Gasteiger partial charge in [0.1, 0.15) is 0 Å². The second-order valence-corrected chi connectivity index (χ2v) is 6.73. The Labute approximate surface area is 89.5 Å². The van der Waals surface area contributed by atoms with Gasteiger partial charge in [-0.15, -0.1) is 0 Å². The van der Waals surface area contributed by atoms with E-state index in [1.807, 2.05) is 0 Å². The van der Waals surface area contributed by atoms with Crippen LogP contribution in [0.15, 0.2) is 0 Å². The molecule has 0 aromatic heterocycles. The quantitative estimate of drug-likeness (QED) is 0.527.